The van der Waals surface area contributed by atoms with Gasteiger partial charge >= 0.3 is 0 Å². The summed E-state index contributed by atoms with van der Waals surface area (Å²) in [5.41, 5.74) is 6.86. The number of hydrogen-bond acceptors (Lipinski definition) is 11. The average Bonchev–Trinajstić information content (AvgIpc) is 3.00. The maximum Gasteiger partial charge on any atom is 0.293 e. The first-order valence-corrected chi connectivity index (χ1v) is 16.1. The van der Waals surface area contributed by atoms with Crippen molar-refractivity contribution in [2.24, 2.45) is 34.6 Å². The molecule has 1 amide bonds. The van der Waals surface area contributed by atoms with Crippen LogP contribution in [0.4, 0.5) is 0 Å². The smallest absolute Gasteiger partial charge is 0.293 e. The molecule has 0 saturated heterocycles. The zero-order chi connectivity index (χ0) is 33.9. The lowest BCUT2D eigenvalue weighted by atomic mass is 9.83. The second-order valence-corrected chi connectivity index (χ2v) is 12.8. The van der Waals surface area contributed by atoms with E-state index >= 15 is 0 Å². The van der Waals surface area contributed by atoms with Crippen molar-refractivity contribution < 1.29 is 39.2 Å². The van der Waals surface area contributed by atoms with E-state index in [1.807, 2.05) is 13.8 Å². The first-order chi connectivity index (χ1) is 21.4. The third kappa shape index (κ3) is 15.4. The van der Waals surface area contributed by atoms with E-state index in [9.17, 15) is 24.9 Å². The Bertz CT molecular complexity index is 978. The fourth-order valence-electron chi connectivity index (χ4n) is 5.76. The zero-order valence-electron chi connectivity index (χ0n) is 28.0. The Morgan fingerprint density at radius 3 is 2.36 bits per heavy atom. The van der Waals surface area contributed by atoms with Crippen molar-refractivity contribution in [2.75, 3.05) is 20.3 Å². The summed E-state index contributed by atoms with van der Waals surface area (Å²) in [6.45, 7) is 9.83. The predicted octanol–water partition coefficient (Wildman–Crippen LogP) is 3.23. The van der Waals surface area contributed by atoms with Crippen LogP contribution in [-0.4, -0.2) is 90.4 Å². The molecule has 0 aromatic rings. The minimum Gasteiger partial charge on any atom is -0.464 e. The number of nitrogens with two attached hydrogens (primary N) is 1. The number of hydrogen-bond donors (Lipinski definition) is 6. The van der Waals surface area contributed by atoms with Gasteiger partial charge in [0.15, 0.2) is 6.61 Å². The number of aliphatic hydroxyl groups is 3. The van der Waals surface area contributed by atoms with Gasteiger partial charge in [-0.3, -0.25) is 9.59 Å². The van der Waals surface area contributed by atoms with Crippen molar-refractivity contribution in [1.29, 1.82) is 5.41 Å². The molecule has 7 N–H and O–H groups in total. The minimum atomic E-state index is -1.11. The number of carbonyl (C=O) groups is 2. The number of aliphatic hydroxyl groups excluding tert-OH is 3. The second-order valence-electron chi connectivity index (χ2n) is 12.8. The van der Waals surface area contributed by atoms with Gasteiger partial charge in [0.2, 0.25) is 0 Å². The average molecular weight is 639 g/mol. The summed E-state index contributed by atoms with van der Waals surface area (Å²) in [4.78, 5) is 28.8. The Hall–Kier alpha value is -2.80. The van der Waals surface area contributed by atoms with Crippen LogP contribution in [0.3, 0.4) is 0 Å². The number of ether oxygens (including phenoxy) is 2. The lowest BCUT2D eigenvalue weighted by molar-refractivity contribution is -0.135. The molecule has 0 unspecified atom stereocenters. The molecule has 12 nitrogen and oxygen atoms in total. The number of methoxy groups -OCH3 is 1. The van der Waals surface area contributed by atoms with Crippen molar-refractivity contribution in [3.63, 3.8) is 0 Å². The molecule has 12 heteroatoms. The first kappa shape index (κ1) is 40.2. The molecule has 1 fully saturated rings. The molecule has 1 aliphatic rings. The molecule has 1 saturated carbocycles. The van der Waals surface area contributed by atoms with Crippen molar-refractivity contribution in [3.8, 4) is 0 Å². The molecule has 6 atom stereocenters. The number of carbonyl (C=O) groups excluding carboxylic acids is 2. The second kappa shape index (κ2) is 21.9. The van der Waals surface area contributed by atoms with Crippen LogP contribution >= 0.6 is 0 Å². The van der Waals surface area contributed by atoms with Gasteiger partial charge in [-0.25, -0.2) is 0 Å². The molecule has 0 aromatic carbocycles. The fourth-order valence-corrected chi connectivity index (χ4v) is 5.76. The first-order valence-electron chi connectivity index (χ1n) is 16.1. The van der Waals surface area contributed by atoms with E-state index in [-0.39, 0.29) is 37.5 Å². The largest absolute Gasteiger partial charge is 0.464 e. The van der Waals surface area contributed by atoms with E-state index in [2.05, 4.69) is 24.3 Å². The number of amides is 1. The molecular weight excluding hydrogens is 580 g/mol. The quantitative estimate of drug-likeness (QED) is 0.0446. The molecule has 258 valence electrons. The van der Waals surface area contributed by atoms with Gasteiger partial charge in [-0.2, -0.15) is 0 Å². The Morgan fingerprint density at radius 1 is 1.13 bits per heavy atom. The molecule has 1 aliphatic carbocycles. The normalized spacial score (nSPS) is 22.1. The maximum absolute atomic E-state index is 12.2. The van der Waals surface area contributed by atoms with Gasteiger partial charge in [-0.15, -0.1) is 0 Å². The van der Waals surface area contributed by atoms with E-state index in [1.54, 1.807) is 13.0 Å². The summed E-state index contributed by atoms with van der Waals surface area (Å²) in [6.07, 6.45) is 6.63. The summed E-state index contributed by atoms with van der Waals surface area (Å²) >= 11 is 0. The van der Waals surface area contributed by atoms with Crippen LogP contribution < -0.4 is 11.1 Å². The number of nitrogens with zero attached hydrogens (tertiary/aromatic N) is 1. The van der Waals surface area contributed by atoms with Crippen LogP contribution in [0.1, 0.15) is 86.0 Å². The zero-order valence-corrected chi connectivity index (χ0v) is 28.0. The van der Waals surface area contributed by atoms with Crippen LogP contribution in [-0.2, 0) is 23.9 Å². The molecule has 45 heavy (non-hydrogen) atoms. The Morgan fingerprint density at radius 2 is 1.80 bits per heavy atom. The third-order valence-electron chi connectivity index (χ3n) is 8.48. The molecule has 0 spiro atoms. The standard InChI is InChI=1S/C33H58N4O8/c1-21(2)13-23(4)31(37-45-19-30(41)36-18-26(16-34)17-35)33(43-6)32(42)24(5)14-22(3)29(40)15-28(44-20-38)12-9-25-7-10-27(39)11-8-25/h14,16-17,20-23,25,27-29,32-34,39-40,42H,7-13,15,18-19,35H2,1-6H3,(H,36,41)/b24-14+,26-17+,34-16?,37-31+/t22-,23-,25?,27?,28-,29-,32-,33+/m1/s1. The number of rotatable bonds is 22. The van der Waals surface area contributed by atoms with E-state index in [0.717, 1.165) is 44.7 Å². The predicted molar refractivity (Wildman–Crippen MR) is 175 cm³/mol. The number of oxime groups is 1. The Balaban J connectivity index is 2.94. The van der Waals surface area contributed by atoms with Gasteiger partial charge in [0.1, 0.15) is 18.3 Å². The molecular formula is C33H58N4O8. The molecule has 0 bridgehead atoms. The Kier molecular flexibility index (Phi) is 19.5. The third-order valence-corrected chi connectivity index (χ3v) is 8.48. The van der Waals surface area contributed by atoms with E-state index < -0.39 is 30.3 Å². The van der Waals surface area contributed by atoms with Crippen molar-refractivity contribution >= 4 is 24.3 Å². The summed E-state index contributed by atoms with van der Waals surface area (Å²) in [5, 5.41) is 46.2. The van der Waals surface area contributed by atoms with Crippen molar-refractivity contribution in [2.45, 2.75) is 117 Å². The highest BCUT2D eigenvalue weighted by Crippen LogP contribution is 2.30. The summed E-state index contributed by atoms with van der Waals surface area (Å²) in [7, 11) is 1.47. The van der Waals surface area contributed by atoms with Crippen LogP contribution in [0.15, 0.2) is 28.6 Å². The minimum absolute atomic E-state index is 0.0868. The summed E-state index contributed by atoms with van der Waals surface area (Å²) in [5.74, 6) is -0.143. The van der Waals surface area contributed by atoms with Gasteiger partial charge < -0.3 is 46.1 Å². The summed E-state index contributed by atoms with van der Waals surface area (Å²) in [6, 6.07) is 0. The monoisotopic (exact) mass is 638 g/mol. The number of nitrogens with one attached hydrogen (secondary N) is 2. The van der Waals surface area contributed by atoms with E-state index in [1.165, 1.54) is 13.3 Å². The van der Waals surface area contributed by atoms with E-state index in [0.29, 0.717) is 41.6 Å². The lowest BCUT2D eigenvalue weighted by Gasteiger charge is -2.29. The van der Waals surface area contributed by atoms with Gasteiger partial charge in [-0.1, -0.05) is 38.9 Å². The highest BCUT2D eigenvalue weighted by Gasteiger charge is 2.32. The van der Waals surface area contributed by atoms with Crippen molar-refractivity contribution in [3.05, 3.63) is 23.4 Å². The lowest BCUT2D eigenvalue weighted by Crippen LogP contribution is -2.41. The summed E-state index contributed by atoms with van der Waals surface area (Å²) < 4.78 is 11.0. The molecule has 0 aromatic heterocycles. The van der Waals surface area contributed by atoms with Crippen LogP contribution in [0.5, 0.6) is 0 Å². The molecule has 0 aliphatic heterocycles. The van der Waals surface area contributed by atoms with E-state index in [4.69, 9.17) is 25.5 Å². The highest BCUT2D eigenvalue weighted by molar-refractivity contribution is 5.91. The topological polar surface area (TPSA) is 197 Å². The van der Waals surface area contributed by atoms with Gasteiger partial charge in [-0.05, 0) is 69.3 Å². The Labute approximate surface area is 269 Å². The maximum atomic E-state index is 12.2. The van der Waals surface area contributed by atoms with Crippen LogP contribution in [0, 0.1) is 29.1 Å². The van der Waals surface area contributed by atoms with Gasteiger partial charge in [0.25, 0.3) is 12.4 Å². The SMILES string of the molecule is CO[C@@H](/C(=N/OCC(=O)NC/C(C=N)=C/N)[C@H](C)CC(C)C)[C@H](O)/C(C)=C/[C@@H](C)[C@H](O)C[C@@H](CCC1CCC(O)CC1)OC=O. The van der Waals surface area contributed by atoms with Crippen molar-refractivity contribution in [1.82, 2.24) is 5.32 Å². The van der Waals surface area contributed by atoms with Gasteiger partial charge in [0, 0.05) is 49.9 Å². The van der Waals surface area contributed by atoms with Crippen LogP contribution in [0.25, 0.3) is 0 Å². The fraction of sp³-hybridized carbons (Fsp3) is 0.758. The van der Waals surface area contributed by atoms with Crippen LogP contribution in [0.2, 0.25) is 0 Å². The molecule has 1 rings (SSSR count). The van der Waals surface area contributed by atoms with Gasteiger partial charge in [0.05, 0.1) is 17.9 Å². The molecule has 0 radical (unpaired) electrons. The molecule has 0 heterocycles. The highest BCUT2D eigenvalue weighted by atomic mass is 16.6.